The van der Waals surface area contributed by atoms with Crippen LogP contribution >= 0.6 is 0 Å². The first-order valence-corrected chi connectivity index (χ1v) is 10.1. The lowest BCUT2D eigenvalue weighted by Gasteiger charge is -2.24. The Kier molecular flexibility index (Phi) is 4.66. The second-order valence-corrected chi connectivity index (χ2v) is 7.81. The van der Waals surface area contributed by atoms with Crippen LogP contribution in [-0.4, -0.2) is 25.7 Å². The zero-order valence-corrected chi connectivity index (χ0v) is 17.2. The van der Waals surface area contributed by atoms with Crippen molar-refractivity contribution in [3.05, 3.63) is 82.6 Å². The van der Waals surface area contributed by atoms with Gasteiger partial charge in [-0.05, 0) is 49.9 Å². The molecule has 4 aromatic rings. The van der Waals surface area contributed by atoms with Gasteiger partial charge in [-0.3, -0.25) is 10.1 Å². The third kappa shape index (κ3) is 3.63. The second-order valence-electron chi connectivity index (χ2n) is 7.81. The maximum Gasteiger partial charge on any atom is 0.230 e. The summed E-state index contributed by atoms with van der Waals surface area (Å²) in [6.07, 6.45) is 0.949. The summed E-state index contributed by atoms with van der Waals surface area (Å²) in [7, 11) is 0. The number of benzene rings is 2. The number of rotatable bonds is 3. The highest BCUT2D eigenvalue weighted by Gasteiger charge is 2.30. The van der Waals surface area contributed by atoms with Crippen LogP contribution in [0.3, 0.4) is 0 Å². The van der Waals surface area contributed by atoms with Crippen LogP contribution in [0.2, 0.25) is 0 Å². The predicted molar refractivity (Wildman–Crippen MR) is 116 cm³/mol. The molecule has 7 heteroatoms. The molecule has 0 aliphatic heterocycles. The first-order chi connectivity index (χ1) is 15.0. The number of anilines is 2. The smallest absolute Gasteiger partial charge is 0.230 e. The van der Waals surface area contributed by atoms with Crippen LogP contribution < -0.4 is 5.32 Å². The van der Waals surface area contributed by atoms with Gasteiger partial charge < -0.3 is 0 Å². The monoisotopic (exact) mass is 413 g/mol. The number of carbonyl (C=O) groups excluding carboxylic acids is 1. The van der Waals surface area contributed by atoms with Crippen molar-refractivity contribution in [2.45, 2.75) is 32.6 Å². The predicted octanol–water partition coefficient (Wildman–Crippen LogP) is 4.83. The van der Waals surface area contributed by atoms with Gasteiger partial charge in [0, 0.05) is 11.8 Å². The van der Waals surface area contributed by atoms with E-state index in [1.165, 1.54) is 12.1 Å². The fourth-order valence-electron chi connectivity index (χ4n) is 4.19. The number of nitrogens with zero attached hydrogens (tertiary/aromatic N) is 4. The molecule has 0 amide bonds. The second kappa shape index (κ2) is 7.50. The zero-order chi connectivity index (χ0) is 21.5. The van der Waals surface area contributed by atoms with Crippen LogP contribution in [-0.2, 0) is 6.42 Å². The molecular weight excluding hydrogens is 393 g/mol. The number of hydrogen-bond donors (Lipinski definition) is 1. The van der Waals surface area contributed by atoms with Gasteiger partial charge in [0.15, 0.2) is 5.78 Å². The first-order valence-electron chi connectivity index (χ1n) is 10.1. The fraction of sp³-hybridized carbons (Fsp3) is 0.208. The molecule has 6 nitrogen and oxygen atoms in total. The summed E-state index contributed by atoms with van der Waals surface area (Å²) in [5, 5.41) is 4.09. The van der Waals surface area contributed by atoms with E-state index in [2.05, 4.69) is 25.3 Å². The van der Waals surface area contributed by atoms with Crippen molar-refractivity contribution < 1.29 is 9.18 Å². The third-order valence-corrected chi connectivity index (χ3v) is 5.67. The van der Waals surface area contributed by atoms with Gasteiger partial charge in [-0.1, -0.05) is 30.3 Å². The minimum Gasteiger partial charge on any atom is -0.294 e. The fourth-order valence-corrected chi connectivity index (χ4v) is 4.19. The molecule has 2 aromatic carbocycles. The van der Waals surface area contributed by atoms with E-state index in [0.29, 0.717) is 41.7 Å². The van der Waals surface area contributed by atoms with Gasteiger partial charge in [-0.25, -0.2) is 24.3 Å². The molecule has 0 spiro atoms. The summed E-state index contributed by atoms with van der Waals surface area (Å²) in [4.78, 5) is 31.0. The number of aromatic nitrogens is 4. The molecular formula is C24H20FN5O. The van der Waals surface area contributed by atoms with Crippen molar-refractivity contribution in [3.8, 4) is 0 Å². The lowest BCUT2D eigenvalue weighted by molar-refractivity contribution is 0.0962. The molecule has 31 heavy (non-hydrogen) atoms. The molecule has 0 unspecified atom stereocenters. The molecule has 0 fully saturated rings. The molecule has 1 aliphatic rings. The number of halogens is 1. The summed E-state index contributed by atoms with van der Waals surface area (Å²) >= 11 is 0. The Morgan fingerprint density at radius 3 is 2.39 bits per heavy atom. The molecule has 0 radical (unpaired) electrons. The van der Waals surface area contributed by atoms with E-state index in [4.69, 9.17) is 0 Å². The number of carbonyl (C=O) groups is 1. The Balaban J connectivity index is 1.49. The molecule has 1 N–H and O–H groups in total. The maximum absolute atomic E-state index is 13.3. The average Bonchev–Trinajstić information content (AvgIpc) is 2.73. The summed E-state index contributed by atoms with van der Waals surface area (Å²) in [5.41, 5.74) is 4.53. The molecule has 0 bridgehead atoms. The van der Waals surface area contributed by atoms with E-state index in [0.717, 1.165) is 22.2 Å². The number of para-hydroxylation sites is 1. The number of ketones is 1. The van der Waals surface area contributed by atoms with Gasteiger partial charge in [0.05, 0.1) is 28.2 Å². The summed E-state index contributed by atoms with van der Waals surface area (Å²) in [6, 6.07) is 14.1. The van der Waals surface area contributed by atoms with E-state index >= 15 is 0 Å². The normalized spacial score (nSPS) is 15.7. The molecule has 154 valence electrons. The standard InChI is InChI=1S/C24H20FN5O/c1-13-18-5-3-4-6-19(18)28-23(26-13)30-24-27-14(2)22-20(29-24)11-16(12-21(22)31)15-7-9-17(25)10-8-15/h3-10,16H,11-12H2,1-2H3,(H,26,27,28,29,30)/t16-/m1/s1. The largest absolute Gasteiger partial charge is 0.294 e. The number of hydrogen-bond acceptors (Lipinski definition) is 6. The Hall–Kier alpha value is -3.74. The van der Waals surface area contributed by atoms with E-state index in [1.54, 1.807) is 12.1 Å². The van der Waals surface area contributed by atoms with Crippen LogP contribution in [0.4, 0.5) is 16.3 Å². The van der Waals surface area contributed by atoms with E-state index in [-0.39, 0.29) is 17.5 Å². The molecule has 0 saturated carbocycles. The number of aryl methyl sites for hydroxylation is 2. The number of fused-ring (bicyclic) bond motifs is 2. The van der Waals surface area contributed by atoms with E-state index in [9.17, 15) is 9.18 Å². The van der Waals surface area contributed by atoms with Gasteiger partial charge in [-0.15, -0.1) is 0 Å². The molecule has 0 saturated heterocycles. The third-order valence-electron chi connectivity index (χ3n) is 5.67. The van der Waals surface area contributed by atoms with Crippen molar-refractivity contribution in [2.75, 3.05) is 5.32 Å². The van der Waals surface area contributed by atoms with Crippen LogP contribution in [0.15, 0.2) is 48.5 Å². The molecule has 1 aliphatic carbocycles. The Morgan fingerprint density at radius 1 is 0.871 bits per heavy atom. The summed E-state index contributed by atoms with van der Waals surface area (Å²) < 4.78 is 13.3. The Labute approximate surface area is 178 Å². The highest BCUT2D eigenvalue weighted by molar-refractivity contribution is 5.99. The van der Waals surface area contributed by atoms with Crippen molar-refractivity contribution >= 4 is 28.6 Å². The lowest BCUT2D eigenvalue weighted by atomic mass is 9.81. The van der Waals surface area contributed by atoms with Crippen molar-refractivity contribution in [1.82, 2.24) is 19.9 Å². The highest BCUT2D eigenvalue weighted by Crippen LogP contribution is 2.33. The molecule has 2 heterocycles. The van der Waals surface area contributed by atoms with Gasteiger partial charge in [0.2, 0.25) is 11.9 Å². The van der Waals surface area contributed by atoms with E-state index < -0.39 is 0 Å². The Bertz CT molecular complexity index is 1320. The number of Topliss-reactive ketones (excluding diaryl/α,β-unsaturated/α-hetero) is 1. The highest BCUT2D eigenvalue weighted by atomic mass is 19.1. The van der Waals surface area contributed by atoms with Gasteiger partial charge >= 0.3 is 0 Å². The van der Waals surface area contributed by atoms with Gasteiger partial charge in [0.25, 0.3) is 0 Å². The SMILES string of the molecule is Cc1nc(Nc2nc(C)c3ccccc3n2)nc2c1C(=O)C[C@H](c1ccc(F)cc1)C2. The van der Waals surface area contributed by atoms with Crippen LogP contribution in [0.1, 0.15) is 45.3 Å². The van der Waals surface area contributed by atoms with Crippen LogP contribution in [0.25, 0.3) is 10.9 Å². The zero-order valence-electron chi connectivity index (χ0n) is 17.2. The molecule has 1 atom stereocenters. The molecule has 2 aromatic heterocycles. The quantitative estimate of drug-likeness (QED) is 0.518. The summed E-state index contributed by atoms with van der Waals surface area (Å²) in [5.74, 6) is 0.451. The average molecular weight is 413 g/mol. The van der Waals surface area contributed by atoms with Crippen LogP contribution in [0, 0.1) is 19.7 Å². The van der Waals surface area contributed by atoms with Crippen molar-refractivity contribution in [1.29, 1.82) is 0 Å². The molecule has 5 rings (SSSR count). The van der Waals surface area contributed by atoms with E-state index in [1.807, 2.05) is 38.1 Å². The van der Waals surface area contributed by atoms with Gasteiger partial charge in [-0.2, -0.15) is 0 Å². The lowest BCUT2D eigenvalue weighted by Crippen LogP contribution is -2.23. The Morgan fingerprint density at radius 2 is 1.58 bits per heavy atom. The van der Waals surface area contributed by atoms with Crippen molar-refractivity contribution in [3.63, 3.8) is 0 Å². The topological polar surface area (TPSA) is 80.7 Å². The van der Waals surface area contributed by atoms with Crippen molar-refractivity contribution in [2.24, 2.45) is 0 Å². The minimum atomic E-state index is -0.290. The first kappa shape index (κ1) is 19.2. The summed E-state index contributed by atoms with van der Waals surface area (Å²) in [6.45, 7) is 3.74. The van der Waals surface area contributed by atoms with Gasteiger partial charge in [0.1, 0.15) is 5.82 Å². The van der Waals surface area contributed by atoms with Crippen LogP contribution in [0.5, 0.6) is 0 Å². The maximum atomic E-state index is 13.3. The minimum absolute atomic E-state index is 0.0115. The number of nitrogens with one attached hydrogen (secondary N) is 1.